The van der Waals surface area contributed by atoms with Crippen molar-refractivity contribution in [2.75, 3.05) is 12.3 Å². The van der Waals surface area contributed by atoms with Crippen LogP contribution in [-0.2, 0) is 9.47 Å². The second kappa shape index (κ2) is 5.37. The van der Waals surface area contributed by atoms with Crippen LogP contribution in [0.2, 0.25) is 0 Å². The summed E-state index contributed by atoms with van der Waals surface area (Å²) in [5.74, 6) is 0.319. The number of anilines is 1. The highest BCUT2D eigenvalue weighted by molar-refractivity contribution is 7.13. The van der Waals surface area contributed by atoms with Crippen LogP contribution in [0.25, 0.3) is 11.4 Å². The number of benzene rings is 1. The monoisotopic (exact) mass is 341 g/mol. The second-order valence-electron chi connectivity index (χ2n) is 5.99. The molecule has 4 unspecified atom stereocenters. The SMILES string of the molecule is Nc1nc(-c2cn(C3C4COC(c5ccccc5)OC43)nn2)cs1. The molecule has 2 aliphatic rings. The van der Waals surface area contributed by atoms with E-state index in [4.69, 9.17) is 15.2 Å². The minimum atomic E-state index is -0.307. The van der Waals surface area contributed by atoms with E-state index in [9.17, 15) is 0 Å². The van der Waals surface area contributed by atoms with Crippen LogP contribution in [0.15, 0.2) is 41.9 Å². The van der Waals surface area contributed by atoms with Crippen LogP contribution < -0.4 is 5.73 Å². The summed E-state index contributed by atoms with van der Waals surface area (Å²) in [4.78, 5) is 4.24. The van der Waals surface area contributed by atoms with E-state index in [1.165, 1.54) is 11.3 Å². The summed E-state index contributed by atoms with van der Waals surface area (Å²) in [5, 5.41) is 10.9. The van der Waals surface area contributed by atoms with Crippen LogP contribution >= 0.6 is 11.3 Å². The van der Waals surface area contributed by atoms with Crippen molar-refractivity contribution in [3.63, 3.8) is 0 Å². The Morgan fingerprint density at radius 3 is 2.88 bits per heavy atom. The summed E-state index contributed by atoms with van der Waals surface area (Å²) in [6.07, 6.45) is 1.70. The van der Waals surface area contributed by atoms with Gasteiger partial charge in [0.1, 0.15) is 11.4 Å². The van der Waals surface area contributed by atoms with Gasteiger partial charge in [0.05, 0.1) is 24.9 Å². The van der Waals surface area contributed by atoms with Crippen molar-refractivity contribution in [3.8, 4) is 11.4 Å². The Hall–Kier alpha value is -2.29. The third-order valence-corrected chi connectivity index (χ3v) is 5.12. The van der Waals surface area contributed by atoms with Gasteiger partial charge in [-0.25, -0.2) is 9.67 Å². The zero-order chi connectivity index (χ0) is 16.1. The van der Waals surface area contributed by atoms with Gasteiger partial charge in [0.25, 0.3) is 0 Å². The van der Waals surface area contributed by atoms with Crippen molar-refractivity contribution in [2.45, 2.75) is 18.4 Å². The van der Waals surface area contributed by atoms with Gasteiger partial charge in [-0.1, -0.05) is 35.5 Å². The molecule has 2 N–H and O–H groups in total. The van der Waals surface area contributed by atoms with Crippen molar-refractivity contribution in [3.05, 3.63) is 47.5 Å². The summed E-state index contributed by atoms with van der Waals surface area (Å²) in [6.45, 7) is 0.660. The number of hydrogen-bond donors (Lipinski definition) is 1. The lowest BCUT2D eigenvalue weighted by Crippen LogP contribution is -2.19. The van der Waals surface area contributed by atoms with E-state index < -0.39 is 0 Å². The van der Waals surface area contributed by atoms with Crippen LogP contribution in [0, 0.1) is 5.92 Å². The quantitative estimate of drug-likeness (QED) is 0.786. The highest BCUT2D eigenvalue weighted by Gasteiger charge is 2.57. The molecular formula is C16H15N5O2S. The molecule has 122 valence electrons. The molecule has 1 aliphatic carbocycles. The predicted octanol–water partition coefficient (Wildman–Crippen LogP) is 2.27. The Balaban J connectivity index is 1.33. The summed E-state index contributed by atoms with van der Waals surface area (Å²) in [6, 6.07) is 10.2. The fourth-order valence-corrected chi connectivity index (χ4v) is 3.71. The Labute approximate surface area is 142 Å². The number of nitrogens with zero attached hydrogens (tertiary/aromatic N) is 4. The third kappa shape index (κ3) is 2.31. The molecule has 8 heteroatoms. The lowest BCUT2D eigenvalue weighted by Gasteiger charge is -2.22. The largest absolute Gasteiger partial charge is 0.375 e. The van der Waals surface area contributed by atoms with E-state index in [0.29, 0.717) is 17.7 Å². The molecule has 1 aromatic carbocycles. The fourth-order valence-electron chi connectivity index (χ4n) is 3.16. The number of ether oxygens (including phenoxy) is 2. The molecule has 4 atom stereocenters. The Bertz CT molecular complexity index is 864. The van der Waals surface area contributed by atoms with E-state index in [1.54, 1.807) is 0 Å². The Morgan fingerprint density at radius 1 is 1.21 bits per heavy atom. The maximum absolute atomic E-state index is 6.09. The summed E-state index contributed by atoms with van der Waals surface area (Å²) >= 11 is 1.40. The lowest BCUT2D eigenvalue weighted by atomic mass is 10.2. The van der Waals surface area contributed by atoms with Gasteiger partial charge in [0, 0.05) is 16.9 Å². The van der Waals surface area contributed by atoms with E-state index in [1.807, 2.05) is 46.6 Å². The van der Waals surface area contributed by atoms with Crippen molar-refractivity contribution >= 4 is 16.5 Å². The van der Waals surface area contributed by atoms with E-state index >= 15 is 0 Å². The maximum atomic E-state index is 6.09. The molecule has 2 aromatic heterocycles. The number of aromatic nitrogens is 4. The molecule has 0 radical (unpaired) electrons. The first kappa shape index (κ1) is 14.1. The number of rotatable bonds is 3. The summed E-state index contributed by atoms with van der Waals surface area (Å²) in [7, 11) is 0. The molecular weight excluding hydrogens is 326 g/mol. The van der Waals surface area contributed by atoms with Gasteiger partial charge in [-0.3, -0.25) is 0 Å². The molecule has 24 heavy (non-hydrogen) atoms. The van der Waals surface area contributed by atoms with Gasteiger partial charge in [-0.05, 0) is 0 Å². The van der Waals surface area contributed by atoms with Crippen molar-refractivity contribution < 1.29 is 9.47 Å². The molecule has 2 fully saturated rings. The number of hydrogen-bond acceptors (Lipinski definition) is 7. The predicted molar refractivity (Wildman–Crippen MR) is 88.1 cm³/mol. The highest BCUT2D eigenvalue weighted by Crippen LogP contribution is 2.52. The first-order valence-electron chi connectivity index (χ1n) is 7.75. The summed E-state index contributed by atoms with van der Waals surface area (Å²) in [5.41, 5.74) is 8.20. The molecule has 1 saturated carbocycles. The average molecular weight is 341 g/mol. The third-order valence-electron chi connectivity index (χ3n) is 4.45. The molecule has 1 aliphatic heterocycles. The van der Waals surface area contributed by atoms with Gasteiger partial charge >= 0.3 is 0 Å². The van der Waals surface area contributed by atoms with E-state index in [2.05, 4.69) is 15.3 Å². The Morgan fingerprint density at radius 2 is 2.08 bits per heavy atom. The summed E-state index contributed by atoms with van der Waals surface area (Å²) < 4.78 is 13.8. The van der Waals surface area contributed by atoms with Gasteiger partial charge in [-0.2, -0.15) is 0 Å². The van der Waals surface area contributed by atoms with Crippen molar-refractivity contribution in [2.24, 2.45) is 5.92 Å². The number of fused-ring (bicyclic) bond motifs is 1. The fraction of sp³-hybridized carbons (Fsp3) is 0.312. The van der Waals surface area contributed by atoms with Crippen molar-refractivity contribution in [1.29, 1.82) is 0 Å². The van der Waals surface area contributed by atoms with Crippen LogP contribution in [0.4, 0.5) is 5.13 Å². The van der Waals surface area contributed by atoms with E-state index in [-0.39, 0.29) is 18.4 Å². The standard InChI is InChI=1S/C16H15N5O2S/c17-16-18-12(8-24-16)11-6-21(20-19-11)13-10-7-22-15(23-14(10)13)9-4-2-1-3-5-9/h1-6,8,10,13-15H,7H2,(H2,17,18). The molecule has 0 bridgehead atoms. The smallest absolute Gasteiger partial charge is 0.184 e. The number of nitrogen functional groups attached to an aromatic ring is 1. The van der Waals surface area contributed by atoms with Crippen LogP contribution in [0.1, 0.15) is 17.9 Å². The van der Waals surface area contributed by atoms with Gasteiger partial charge in [0.2, 0.25) is 0 Å². The molecule has 3 heterocycles. The van der Waals surface area contributed by atoms with Crippen LogP contribution in [-0.4, -0.2) is 32.7 Å². The van der Waals surface area contributed by atoms with Gasteiger partial charge in [-0.15, -0.1) is 16.4 Å². The molecule has 1 saturated heterocycles. The van der Waals surface area contributed by atoms with Gasteiger partial charge < -0.3 is 15.2 Å². The Kier molecular flexibility index (Phi) is 3.15. The minimum Gasteiger partial charge on any atom is -0.375 e. The number of thiazole rings is 1. The zero-order valence-corrected chi connectivity index (χ0v) is 13.5. The zero-order valence-electron chi connectivity index (χ0n) is 12.6. The topological polar surface area (TPSA) is 88.1 Å². The highest BCUT2D eigenvalue weighted by atomic mass is 32.1. The molecule has 7 nitrogen and oxygen atoms in total. The molecule has 5 rings (SSSR count). The van der Waals surface area contributed by atoms with E-state index in [0.717, 1.165) is 17.0 Å². The average Bonchev–Trinajstić information content (AvgIpc) is 2.95. The minimum absolute atomic E-state index is 0.110. The first-order chi connectivity index (χ1) is 11.8. The molecule has 3 aromatic rings. The molecule has 0 spiro atoms. The normalized spacial score (nSPS) is 28.5. The maximum Gasteiger partial charge on any atom is 0.184 e. The van der Waals surface area contributed by atoms with Crippen molar-refractivity contribution in [1.82, 2.24) is 20.0 Å². The van der Waals surface area contributed by atoms with Crippen LogP contribution in [0.5, 0.6) is 0 Å². The second-order valence-corrected chi connectivity index (χ2v) is 6.88. The lowest BCUT2D eigenvalue weighted by molar-refractivity contribution is -0.189. The molecule has 0 amide bonds. The first-order valence-corrected chi connectivity index (χ1v) is 8.63. The number of nitrogens with two attached hydrogens (primary N) is 1. The van der Waals surface area contributed by atoms with Crippen LogP contribution in [0.3, 0.4) is 0 Å². The van der Waals surface area contributed by atoms with Gasteiger partial charge in [0.15, 0.2) is 11.4 Å².